The van der Waals surface area contributed by atoms with Gasteiger partial charge in [0.05, 0.1) is 16.8 Å². The van der Waals surface area contributed by atoms with E-state index in [9.17, 15) is 8.42 Å². The third-order valence-electron chi connectivity index (χ3n) is 3.15. The first-order valence-electron chi connectivity index (χ1n) is 6.48. The fourth-order valence-corrected chi connectivity index (χ4v) is 3.52. The number of benzene rings is 1. The molecule has 6 nitrogen and oxygen atoms in total. The number of nitrogens with zero attached hydrogens (tertiary/aromatic N) is 3. The summed E-state index contributed by atoms with van der Waals surface area (Å²) in [5.74, 6) is 0.659. The Hall–Kier alpha value is -2.03. The maximum Gasteiger partial charge on any atom is 0.239 e. The lowest BCUT2D eigenvalue weighted by Gasteiger charge is -2.16. The molecule has 0 radical (unpaired) electrons. The lowest BCUT2D eigenvalue weighted by molar-refractivity contribution is 0.597. The summed E-state index contributed by atoms with van der Waals surface area (Å²) < 4.78 is 23.6. The molecule has 3 aromatic rings. The molecule has 0 fully saturated rings. The first-order chi connectivity index (χ1) is 10.4. The van der Waals surface area contributed by atoms with Crippen molar-refractivity contribution in [2.24, 2.45) is 5.14 Å². The lowest BCUT2D eigenvalue weighted by Crippen LogP contribution is -2.18. The number of sulfonamides is 1. The zero-order valence-electron chi connectivity index (χ0n) is 11.8. The molecule has 2 heterocycles. The largest absolute Gasteiger partial charge is 0.353 e. The summed E-state index contributed by atoms with van der Waals surface area (Å²) in [6.45, 7) is 0.598. The number of pyridine rings is 1. The summed E-state index contributed by atoms with van der Waals surface area (Å²) in [6, 6.07) is 11.0. The smallest absolute Gasteiger partial charge is 0.239 e. The molecule has 0 aliphatic rings. The normalized spacial score (nSPS) is 11.7. The molecule has 22 heavy (non-hydrogen) atoms. The Morgan fingerprint density at radius 1 is 1.23 bits per heavy atom. The Kier molecular flexibility index (Phi) is 3.81. The molecule has 3 rings (SSSR count). The highest BCUT2D eigenvalue weighted by Crippen LogP contribution is 2.23. The van der Waals surface area contributed by atoms with E-state index in [0.29, 0.717) is 12.4 Å². The summed E-state index contributed by atoms with van der Waals surface area (Å²) in [7, 11) is -1.83. The number of nitrogens with two attached hydrogens (primary N) is 1. The molecule has 0 aliphatic heterocycles. The number of fused-ring (bicyclic) bond motifs is 1. The molecule has 0 unspecified atom stereocenters. The van der Waals surface area contributed by atoms with Crippen molar-refractivity contribution in [3.05, 3.63) is 47.6 Å². The molecule has 114 valence electrons. The Morgan fingerprint density at radius 3 is 2.64 bits per heavy atom. The van der Waals surface area contributed by atoms with Gasteiger partial charge in [-0.2, -0.15) is 0 Å². The van der Waals surface area contributed by atoms with Gasteiger partial charge in [-0.1, -0.05) is 12.1 Å². The van der Waals surface area contributed by atoms with E-state index in [-0.39, 0.29) is 4.90 Å². The Morgan fingerprint density at radius 2 is 2.00 bits per heavy atom. The minimum absolute atomic E-state index is 0.00429. The quantitative estimate of drug-likeness (QED) is 0.788. The maximum absolute atomic E-state index is 11.2. The number of thiazole rings is 1. The van der Waals surface area contributed by atoms with Crippen molar-refractivity contribution in [1.29, 1.82) is 0 Å². The number of anilines is 1. The van der Waals surface area contributed by atoms with E-state index in [2.05, 4.69) is 9.97 Å². The van der Waals surface area contributed by atoms with Crippen LogP contribution in [0, 0.1) is 0 Å². The summed E-state index contributed by atoms with van der Waals surface area (Å²) >= 11 is 1.63. The van der Waals surface area contributed by atoms with Crippen LogP contribution in [0.2, 0.25) is 0 Å². The molecular weight excluding hydrogens is 320 g/mol. The Labute approximate surface area is 132 Å². The average molecular weight is 334 g/mol. The highest BCUT2D eigenvalue weighted by Gasteiger charge is 2.11. The van der Waals surface area contributed by atoms with Gasteiger partial charge in [0.15, 0.2) is 0 Å². The third-order valence-corrected chi connectivity index (χ3v) is 5.07. The van der Waals surface area contributed by atoms with Gasteiger partial charge in [0.2, 0.25) is 10.0 Å². The van der Waals surface area contributed by atoms with Gasteiger partial charge in [-0.15, -0.1) is 11.3 Å². The molecular formula is C14H14N4O2S2. The lowest BCUT2D eigenvalue weighted by atomic mass is 10.3. The van der Waals surface area contributed by atoms with Crippen molar-refractivity contribution in [1.82, 2.24) is 9.97 Å². The molecule has 0 aliphatic carbocycles. The highest BCUT2D eigenvalue weighted by atomic mass is 32.2. The van der Waals surface area contributed by atoms with Crippen molar-refractivity contribution < 1.29 is 8.42 Å². The Bertz CT molecular complexity index is 871. The second-order valence-corrected chi connectivity index (χ2v) is 7.51. The van der Waals surface area contributed by atoms with Crippen molar-refractivity contribution in [3.63, 3.8) is 0 Å². The summed E-state index contributed by atoms with van der Waals surface area (Å²) in [5.41, 5.74) is 0.980. The van der Waals surface area contributed by atoms with Crippen LogP contribution in [0.25, 0.3) is 10.2 Å². The van der Waals surface area contributed by atoms with Gasteiger partial charge < -0.3 is 4.90 Å². The second kappa shape index (κ2) is 5.64. The van der Waals surface area contributed by atoms with E-state index >= 15 is 0 Å². The van der Waals surface area contributed by atoms with Crippen LogP contribution in [0.1, 0.15) is 5.01 Å². The molecule has 2 aromatic heterocycles. The van der Waals surface area contributed by atoms with Gasteiger partial charge in [0, 0.05) is 13.2 Å². The summed E-state index contributed by atoms with van der Waals surface area (Å²) in [4.78, 5) is 10.6. The van der Waals surface area contributed by atoms with Crippen LogP contribution in [0.4, 0.5) is 5.82 Å². The first kappa shape index (κ1) is 14.9. The molecule has 1 aromatic carbocycles. The minimum atomic E-state index is -3.71. The van der Waals surface area contributed by atoms with Crippen LogP contribution in [0.3, 0.4) is 0 Å². The second-order valence-electron chi connectivity index (χ2n) is 4.83. The van der Waals surface area contributed by atoms with Gasteiger partial charge >= 0.3 is 0 Å². The average Bonchev–Trinajstić information content (AvgIpc) is 2.88. The maximum atomic E-state index is 11.2. The van der Waals surface area contributed by atoms with Crippen LogP contribution < -0.4 is 10.0 Å². The van der Waals surface area contributed by atoms with Crippen molar-refractivity contribution in [3.8, 4) is 0 Å². The van der Waals surface area contributed by atoms with Gasteiger partial charge in [-0.3, -0.25) is 0 Å². The van der Waals surface area contributed by atoms with Crippen LogP contribution in [0.15, 0.2) is 47.5 Å². The van der Waals surface area contributed by atoms with Crippen LogP contribution >= 0.6 is 11.3 Å². The van der Waals surface area contributed by atoms with Crippen LogP contribution in [-0.4, -0.2) is 25.4 Å². The van der Waals surface area contributed by atoms with Gasteiger partial charge in [-0.05, 0) is 24.3 Å². The van der Waals surface area contributed by atoms with Gasteiger partial charge in [-0.25, -0.2) is 23.5 Å². The molecule has 0 amide bonds. The Balaban J connectivity index is 1.80. The van der Waals surface area contributed by atoms with E-state index in [1.54, 1.807) is 17.4 Å². The van der Waals surface area contributed by atoms with E-state index in [0.717, 1.165) is 15.2 Å². The van der Waals surface area contributed by atoms with Gasteiger partial charge in [0.1, 0.15) is 15.7 Å². The first-order valence-corrected chi connectivity index (χ1v) is 8.84. The number of primary sulfonamides is 1. The number of hydrogen-bond donors (Lipinski definition) is 1. The topological polar surface area (TPSA) is 89.2 Å². The summed E-state index contributed by atoms with van der Waals surface area (Å²) in [6.07, 6.45) is 1.26. The van der Waals surface area contributed by atoms with Crippen LogP contribution in [0.5, 0.6) is 0 Å². The third kappa shape index (κ3) is 3.08. The minimum Gasteiger partial charge on any atom is -0.353 e. The van der Waals surface area contributed by atoms with E-state index in [1.807, 2.05) is 36.2 Å². The number of para-hydroxylation sites is 1. The SMILES string of the molecule is CN(Cc1nc2ccccc2s1)c1ccc(S(N)(=O)=O)cn1. The molecule has 0 saturated heterocycles. The zero-order chi connectivity index (χ0) is 15.7. The van der Waals surface area contributed by atoms with Crippen molar-refractivity contribution in [2.75, 3.05) is 11.9 Å². The molecule has 0 spiro atoms. The standard InChI is InChI=1S/C14H14N4O2S2/c1-18(13-7-6-10(8-16-13)22(15,19)20)9-14-17-11-4-2-3-5-12(11)21-14/h2-8H,9H2,1H3,(H2,15,19,20). The predicted molar refractivity (Wildman–Crippen MR) is 87.3 cm³/mol. The van der Waals surface area contributed by atoms with E-state index < -0.39 is 10.0 Å². The highest BCUT2D eigenvalue weighted by molar-refractivity contribution is 7.89. The van der Waals surface area contributed by atoms with Crippen molar-refractivity contribution >= 4 is 37.4 Å². The monoisotopic (exact) mass is 334 g/mol. The van der Waals surface area contributed by atoms with Gasteiger partial charge in [0.25, 0.3) is 0 Å². The number of hydrogen-bond acceptors (Lipinski definition) is 6. The summed E-state index contributed by atoms with van der Waals surface area (Å²) in [5, 5.41) is 6.03. The fraction of sp³-hybridized carbons (Fsp3) is 0.143. The molecule has 8 heteroatoms. The van der Waals surface area contributed by atoms with E-state index in [1.165, 1.54) is 12.3 Å². The van der Waals surface area contributed by atoms with Crippen molar-refractivity contribution in [2.45, 2.75) is 11.4 Å². The van der Waals surface area contributed by atoms with Crippen LogP contribution in [-0.2, 0) is 16.6 Å². The number of aromatic nitrogens is 2. The molecule has 0 bridgehead atoms. The molecule has 0 atom stereocenters. The molecule has 2 N–H and O–H groups in total. The number of rotatable bonds is 4. The van der Waals surface area contributed by atoms with E-state index in [4.69, 9.17) is 5.14 Å². The predicted octanol–water partition coefficient (Wildman–Crippen LogP) is 1.98. The molecule has 0 saturated carbocycles. The fourth-order valence-electron chi connectivity index (χ4n) is 2.04. The zero-order valence-corrected chi connectivity index (χ0v) is 13.4.